The summed E-state index contributed by atoms with van der Waals surface area (Å²) in [5, 5.41) is 5.79. The first kappa shape index (κ1) is 18.7. The van der Waals surface area contributed by atoms with Crippen molar-refractivity contribution >= 4 is 17.8 Å². The number of nitrogens with zero attached hydrogens (tertiary/aromatic N) is 1. The summed E-state index contributed by atoms with van der Waals surface area (Å²) in [7, 11) is 0. The first-order chi connectivity index (χ1) is 13.8. The van der Waals surface area contributed by atoms with Gasteiger partial charge in [0.2, 0.25) is 5.91 Å². The molecule has 2 N–H and O–H groups in total. The Morgan fingerprint density at radius 3 is 2.41 bits per heavy atom. The van der Waals surface area contributed by atoms with Crippen LogP contribution in [0.15, 0.2) is 22.8 Å². The van der Waals surface area contributed by atoms with Crippen molar-refractivity contribution in [1.29, 1.82) is 0 Å². The molecule has 0 unspecified atom stereocenters. The summed E-state index contributed by atoms with van der Waals surface area (Å²) in [4.78, 5) is 39.1. The van der Waals surface area contributed by atoms with E-state index < -0.39 is 17.5 Å². The third-order valence-corrected chi connectivity index (χ3v) is 7.97. The van der Waals surface area contributed by atoms with Gasteiger partial charge in [0, 0.05) is 6.04 Å². The van der Waals surface area contributed by atoms with Crippen molar-refractivity contribution in [1.82, 2.24) is 15.5 Å². The number of hydrogen-bond donors (Lipinski definition) is 2. The molecule has 1 aliphatic heterocycles. The summed E-state index contributed by atoms with van der Waals surface area (Å²) in [6.07, 6.45) is 9.11. The van der Waals surface area contributed by atoms with E-state index in [4.69, 9.17) is 4.42 Å². The molecule has 4 aliphatic carbocycles. The lowest BCUT2D eigenvalue weighted by atomic mass is 9.48. The zero-order valence-corrected chi connectivity index (χ0v) is 17.1. The van der Waals surface area contributed by atoms with Crippen LogP contribution in [-0.2, 0) is 15.1 Å². The Hall–Kier alpha value is -2.31. The summed E-state index contributed by atoms with van der Waals surface area (Å²) in [5.41, 5.74) is -1.09. The van der Waals surface area contributed by atoms with Gasteiger partial charge in [-0.15, -0.1) is 0 Å². The molecule has 0 radical (unpaired) electrons. The predicted molar refractivity (Wildman–Crippen MR) is 105 cm³/mol. The van der Waals surface area contributed by atoms with Crippen LogP contribution < -0.4 is 10.6 Å². The van der Waals surface area contributed by atoms with E-state index in [0.717, 1.165) is 22.7 Å². The van der Waals surface area contributed by atoms with Gasteiger partial charge >= 0.3 is 6.03 Å². The molecule has 2 atom stereocenters. The normalized spacial score (nSPS) is 39.0. The highest BCUT2D eigenvalue weighted by molar-refractivity contribution is 6.08. The average molecular weight is 399 g/mol. The van der Waals surface area contributed by atoms with Gasteiger partial charge in [-0.3, -0.25) is 14.5 Å². The number of carbonyl (C=O) groups excluding carboxylic acids is 3. The average Bonchev–Trinajstić information content (AvgIpc) is 3.25. The van der Waals surface area contributed by atoms with Crippen LogP contribution in [0.4, 0.5) is 4.79 Å². The molecule has 4 saturated carbocycles. The molecule has 1 aromatic rings. The second kappa shape index (κ2) is 6.34. The third kappa shape index (κ3) is 2.89. The van der Waals surface area contributed by atoms with Gasteiger partial charge in [-0.05, 0) is 87.7 Å². The number of rotatable bonds is 5. The Balaban J connectivity index is 1.25. The fourth-order valence-corrected chi connectivity index (χ4v) is 6.86. The van der Waals surface area contributed by atoms with E-state index in [1.807, 2.05) is 0 Å². The van der Waals surface area contributed by atoms with Gasteiger partial charge in [0.25, 0.3) is 5.91 Å². The predicted octanol–water partition coefficient (Wildman–Crippen LogP) is 2.77. The summed E-state index contributed by atoms with van der Waals surface area (Å²) < 4.78 is 5.33. The quantitative estimate of drug-likeness (QED) is 0.745. The van der Waals surface area contributed by atoms with Crippen LogP contribution in [0, 0.1) is 23.2 Å². The van der Waals surface area contributed by atoms with E-state index >= 15 is 0 Å². The Labute approximate surface area is 170 Å². The Kier molecular flexibility index (Phi) is 4.09. The van der Waals surface area contributed by atoms with Crippen LogP contribution in [0.5, 0.6) is 0 Å². The molecule has 1 saturated heterocycles. The number of hydrogen-bond acceptors (Lipinski definition) is 4. The number of amides is 4. The number of nitrogens with one attached hydrogen (secondary N) is 2. The Morgan fingerprint density at radius 1 is 1.24 bits per heavy atom. The van der Waals surface area contributed by atoms with Gasteiger partial charge < -0.3 is 15.1 Å². The maximum atomic E-state index is 12.9. The van der Waals surface area contributed by atoms with Gasteiger partial charge in [-0.25, -0.2) is 4.79 Å². The molecule has 6 rings (SSSR count). The summed E-state index contributed by atoms with van der Waals surface area (Å²) in [5.74, 6) is 2.04. The van der Waals surface area contributed by atoms with E-state index in [-0.39, 0.29) is 23.9 Å². The number of furan rings is 1. The molecule has 7 heteroatoms. The largest absolute Gasteiger partial charge is 0.466 e. The molecule has 1 aromatic heterocycles. The number of imide groups is 1. The van der Waals surface area contributed by atoms with Gasteiger partial charge in [-0.1, -0.05) is 0 Å². The lowest BCUT2D eigenvalue weighted by Gasteiger charge is -2.59. The zero-order valence-electron chi connectivity index (χ0n) is 17.1. The molecular weight excluding hydrogens is 370 g/mol. The van der Waals surface area contributed by atoms with Crippen molar-refractivity contribution in [3.05, 3.63) is 24.2 Å². The van der Waals surface area contributed by atoms with Crippen molar-refractivity contribution in [2.45, 2.75) is 64.0 Å². The molecular formula is C22H29N3O4. The van der Waals surface area contributed by atoms with Crippen molar-refractivity contribution in [3.63, 3.8) is 0 Å². The summed E-state index contributed by atoms with van der Waals surface area (Å²) >= 11 is 0. The summed E-state index contributed by atoms with van der Waals surface area (Å²) in [6, 6.07) is 2.81. The van der Waals surface area contributed by atoms with Crippen LogP contribution >= 0.6 is 0 Å². The molecule has 0 aromatic carbocycles. The second-order valence-electron chi connectivity index (χ2n) is 9.99. The SMILES string of the molecule is C[C@@H](NC(=O)CN1C(=O)N[C@@](C)(c2ccco2)C1=O)C12CC3CC(CC(C3)C1)C2. The van der Waals surface area contributed by atoms with E-state index in [1.54, 1.807) is 19.1 Å². The minimum Gasteiger partial charge on any atom is -0.466 e. The highest BCUT2D eigenvalue weighted by atomic mass is 16.3. The van der Waals surface area contributed by atoms with Crippen LogP contribution in [0.1, 0.15) is 58.1 Å². The minimum absolute atomic E-state index is 0.0561. The van der Waals surface area contributed by atoms with Crippen molar-refractivity contribution < 1.29 is 18.8 Å². The zero-order chi connectivity index (χ0) is 20.4. The fourth-order valence-electron chi connectivity index (χ4n) is 6.86. The smallest absolute Gasteiger partial charge is 0.325 e. The maximum absolute atomic E-state index is 12.9. The van der Waals surface area contributed by atoms with Crippen LogP contribution in [-0.4, -0.2) is 35.3 Å². The molecule has 4 bridgehead atoms. The standard InChI is InChI=1S/C22H29N3O4/c1-13(22-9-14-6-15(10-22)8-16(7-14)11-22)23-18(26)12-25-19(27)21(2,24-20(25)28)17-4-3-5-29-17/h3-5,13-16H,6-12H2,1-2H3,(H,23,26)(H,24,28)/t13-,14?,15?,16?,21+,22?/m1/s1. The monoisotopic (exact) mass is 399 g/mol. The third-order valence-electron chi connectivity index (χ3n) is 7.97. The summed E-state index contributed by atoms with van der Waals surface area (Å²) in [6.45, 7) is 3.43. The Morgan fingerprint density at radius 2 is 1.86 bits per heavy atom. The van der Waals surface area contributed by atoms with Gasteiger partial charge in [-0.2, -0.15) is 0 Å². The number of urea groups is 1. The van der Waals surface area contributed by atoms with E-state index in [0.29, 0.717) is 5.76 Å². The molecule has 0 spiro atoms. The molecule has 4 amide bonds. The molecule has 29 heavy (non-hydrogen) atoms. The van der Waals surface area contributed by atoms with Crippen molar-refractivity contribution in [2.24, 2.45) is 23.2 Å². The van der Waals surface area contributed by atoms with E-state index in [1.165, 1.54) is 44.8 Å². The Bertz CT molecular complexity index is 813. The molecule has 5 fully saturated rings. The fraction of sp³-hybridized carbons (Fsp3) is 0.682. The van der Waals surface area contributed by atoms with Gasteiger partial charge in [0.05, 0.1) is 6.26 Å². The first-order valence-electron chi connectivity index (χ1n) is 10.8. The lowest BCUT2D eigenvalue weighted by Crippen LogP contribution is -2.57. The molecule has 2 heterocycles. The first-order valence-corrected chi connectivity index (χ1v) is 10.8. The second-order valence-corrected chi connectivity index (χ2v) is 9.99. The topological polar surface area (TPSA) is 91.7 Å². The highest BCUT2D eigenvalue weighted by Gasteiger charge is 2.54. The van der Waals surface area contributed by atoms with Crippen molar-refractivity contribution in [2.75, 3.05) is 6.54 Å². The van der Waals surface area contributed by atoms with E-state index in [2.05, 4.69) is 17.6 Å². The minimum atomic E-state index is -1.27. The van der Waals surface area contributed by atoms with Gasteiger partial charge in [0.1, 0.15) is 12.3 Å². The number of carbonyl (C=O) groups is 3. The maximum Gasteiger partial charge on any atom is 0.325 e. The van der Waals surface area contributed by atoms with Crippen LogP contribution in [0.25, 0.3) is 0 Å². The lowest BCUT2D eigenvalue weighted by molar-refractivity contribution is -0.136. The highest BCUT2D eigenvalue weighted by Crippen LogP contribution is 2.61. The van der Waals surface area contributed by atoms with E-state index in [9.17, 15) is 14.4 Å². The molecule has 156 valence electrons. The van der Waals surface area contributed by atoms with Crippen molar-refractivity contribution in [3.8, 4) is 0 Å². The van der Waals surface area contributed by atoms with Crippen LogP contribution in [0.2, 0.25) is 0 Å². The van der Waals surface area contributed by atoms with Gasteiger partial charge in [0.15, 0.2) is 5.54 Å². The molecule has 5 aliphatic rings. The van der Waals surface area contributed by atoms with Crippen LogP contribution in [0.3, 0.4) is 0 Å². The molecule has 7 nitrogen and oxygen atoms in total.